The number of nitrogens with two attached hydrogens (primary N) is 1. The van der Waals surface area contributed by atoms with Gasteiger partial charge in [0.15, 0.2) is 0 Å². The molecule has 0 fully saturated rings. The van der Waals surface area contributed by atoms with Gasteiger partial charge in [-0.1, -0.05) is 18.7 Å². The monoisotopic (exact) mass is 249 g/mol. The molecule has 5 heteroatoms. The van der Waals surface area contributed by atoms with E-state index in [1.54, 1.807) is 30.5 Å². The van der Waals surface area contributed by atoms with Crippen LogP contribution in [0.2, 0.25) is 0 Å². The van der Waals surface area contributed by atoms with E-state index in [2.05, 4.69) is 16.9 Å². The van der Waals surface area contributed by atoms with E-state index in [9.17, 15) is 0 Å². The van der Waals surface area contributed by atoms with Crippen LogP contribution in [0.1, 0.15) is 24.4 Å². The first-order valence-corrected chi connectivity index (χ1v) is 6.41. The molecule has 2 unspecified atom stereocenters. The first-order chi connectivity index (χ1) is 8.31. The quantitative estimate of drug-likeness (QED) is 0.652. The molecule has 0 amide bonds. The minimum Gasteiger partial charge on any atom is -0.468 e. The molecule has 2 aromatic rings. The summed E-state index contributed by atoms with van der Waals surface area (Å²) in [5, 5.41) is 0.996. The molecule has 17 heavy (non-hydrogen) atoms. The van der Waals surface area contributed by atoms with Crippen molar-refractivity contribution in [1.82, 2.24) is 9.97 Å². The Morgan fingerprint density at radius 1 is 1.47 bits per heavy atom. The Morgan fingerprint density at radius 2 is 2.35 bits per heavy atom. The minimum absolute atomic E-state index is 0.0427. The highest BCUT2D eigenvalue weighted by Gasteiger charge is 2.22. The second-order valence-corrected chi connectivity index (χ2v) is 4.84. The lowest BCUT2D eigenvalue weighted by molar-refractivity contribution is 0.473. The third-order valence-corrected chi connectivity index (χ3v) is 3.81. The molecule has 90 valence electrons. The summed E-state index contributed by atoms with van der Waals surface area (Å²) in [5.41, 5.74) is 6.13. The van der Waals surface area contributed by atoms with Gasteiger partial charge in [0.25, 0.3) is 0 Å². The molecule has 0 aliphatic carbocycles. The highest BCUT2D eigenvalue weighted by atomic mass is 32.2. The molecule has 0 radical (unpaired) electrons. The van der Waals surface area contributed by atoms with Crippen molar-refractivity contribution in [3.63, 3.8) is 0 Å². The fourth-order valence-electron chi connectivity index (χ4n) is 1.50. The highest BCUT2D eigenvalue weighted by Crippen LogP contribution is 2.36. The summed E-state index contributed by atoms with van der Waals surface area (Å²) in [4.78, 5) is 8.10. The van der Waals surface area contributed by atoms with E-state index in [-0.39, 0.29) is 11.3 Å². The van der Waals surface area contributed by atoms with Crippen LogP contribution in [0.25, 0.3) is 0 Å². The summed E-state index contributed by atoms with van der Waals surface area (Å²) >= 11 is 1.61. The Morgan fingerprint density at radius 3 is 2.94 bits per heavy atom. The van der Waals surface area contributed by atoms with Crippen LogP contribution in [0.15, 0.2) is 46.4 Å². The fraction of sp³-hybridized carbons (Fsp3) is 0.333. The van der Waals surface area contributed by atoms with Gasteiger partial charge in [-0.2, -0.15) is 0 Å². The number of hydrogen-bond acceptors (Lipinski definition) is 5. The summed E-state index contributed by atoms with van der Waals surface area (Å²) < 4.78 is 5.45. The molecule has 0 saturated carbocycles. The lowest BCUT2D eigenvalue weighted by Gasteiger charge is -2.19. The van der Waals surface area contributed by atoms with Gasteiger partial charge in [-0.3, -0.25) is 0 Å². The zero-order chi connectivity index (χ0) is 12.1. The second-order valence-electron chi connectivity index (χ2n) is 3.67. The van der Waals surface area contributed by atoms with Gasteiger partial charge < -0.3 is 10.2 Å². The molecule has 2 N–H and O–H groups in total. The van der Waals surface area contributed by atoms with Crippen molar-refractivity contribution in [1.29, 1.82) is 0 Å². The molecule has 0 aromatic carbocycles. The molecule has 0 aliphatic heterocycles. The summed E-state index contributed by atoms with van der Waals surface area (Å²) in [6.45, 7) is 2.07. The van der Waals surface area contributed by atoms with Crippen molar-refractivity contribution < 1.29 is 4.42 Å². The van der Waals surface area contributed by atoms with Gasteiger partial charge in [0.1, 0.15) is 17.1 Å². The van der Waals surface area contributed by atoms with Crippen molar-refractivity contribution in [2.45, 2.75) is 29.7 Å². The summed E-state index contributed by atoms with van der Waals surface area (Å²) in [7, 11) is 0. The van der Waals surface area contributed by atoms with Gasteiger partial charge in [0, 0.05) is 12.2 Å². The normalized spacial score (nSPS) is 14.5. The van der Waals surface area contributed by atoms with E-state index in [0.717, 1.165) is 17.2 Å². The van der Waals surface area contributed by atoms with Crippen LogP contribution < -0.4 is 5.73 Å². The van der Waals surface area contributed by atoms with Gasteiger partial charge in [-0.05, 0) is 24.6 Å². The summed E-state index contributed by atoms with van der Waals surface area (Å²) in [6.07, 6.45) is 5.83. The maximum Gasteiger partial charge on any atom is 0.118 e. The maximum absolute atomic E-state index is 6.13. The van der Waals surface area contributed by atoms with Crippen LogP contribution in [0.3, 0.4) is 0 Å². The Labute approximate surface area is 105 Å². The van der Waals surface area contributed by atoms with Crippen LogP contribution in [0.5, 0.6) is 0 Å². The van der Waals surface area contributed by atoms with E-state index in [0.29, 0.717) is 0 Å². The number of furan rings is 1. The predicted molar refractivity (Wildman–Crippen MR) is 67.6 cm³/mol. The van der Waals surface area contributed by atoms with Crippen molar-refractivity contribution >= 4 is 11.8 Å². The Bertz CT molecular complexity index is 432. The molecule has 2 atom stereocenters. The van der Waals surface area contributed by atoms with Crippen LogP contribution >= 0.6 is 11.8 Å². The molecule has 0 aliphatic rings. The number of rotatable bonds is 5. The smallest absolute Gasteiger partial charge is 0.118 e. The molecular weight excluding hydrogens is 234 g/mol. The van der Waals surface area contributed by atoms with Crippen LogP contribution in [-0.2, 0) is 0 Å². The van der Waals surface area contributed by atoms with E-state index in [4.69, 9.17) is 10.2 Å². The number of nitrogens with zero attached hydrogens (tertiary/aromatic N) is 2. The number of thioether (sulfide) groups is 1. The zero-order valence-electron chi connectivity index (χ0n) is 9.61. The first kappa shape index (κ1) is 12.1. The minimum atomic E-state index is 0.0427. The molecule has 4 nitrogen and oxygen atoms in total. The molecule has 2 rings (SSSR count). The second kappa shape index (κ2) is 5.84. The number of aromatic nitrogens is 2. The molecular formula is C12H15N3OS. The van der Waals surface area contributed by atoms with E-state index >= 15 is 0 Å². The lowest BCUT2D eigenvalue weighted by Crippen LogP contribution is -2.25. The maximum atomic E-state index is 6.13. The Hall–Kier alpha value is -1.33. The molecule has 2 aromatic heterocycles. The van der Waals surface area contributed by atoms with Crippen molar-refractivity contribution in [3.8, 4) is 0 Å². The topological polar surface area (TPSA) is 64.9 Å². The van der Waals surface area contributed by atoms with Gasteiger partial charge in [-0.25, -0.2) is 9.97 Å². The Balaban J connectivity index is 2.17. The third-order valence-electron chi connectivity index (χ3n) is 2.49. The van der Waals surface area contributed by atoms with E-state index < -0.39 is 0 Å². The lowest BCUT2D eigenvalue weighted by atomic mass is 10.1. The van der Waals surface area contributed by atoms with Gasteiger partial charge >= 0.3 is 0 Å². The van der Waals surface area contributed by atoms with E-state index in [1.807, 2.05) is 18.2 Å². The fourth-order valence-corrected chi connectivity index (χ4v) is 2.63. The van der Waals surface area contributed by atoms with E-state index in [1.165, 1.54) is 0 Å². The van der Waals surface area contributed by atoms with Gasteiger partial charge in [0.2, 0.25) is 0 Å². The van der Waals surface area contributed by atoms with Gasteiger partial charge in [0.05, 0.1) is 11.5 Å². The SMILES string of the molecule is CCC(N)C(Sc1ccncn1)c1ccco1. The van der Waals surface area contributed by atoms with Crippen molar-refractivity contribution in [2.24, 2.45) is 5.73 Å². The molecule has 0 bridgehead atoms. The van der Waals surface area contributed by atoms with Gasteiger partial charge in [-0.15, -0.1) is 0 Å². The standard InChI is InChI=1S/C12H15N3OS/c1-2-9(13)12(10-4-3-7-16-10)17-11-5-6-14-8-15-11/h3-9,12H,2,13H2,1H3. The molecule has 0 saturated heterocycles. The summed E-state index contributed by atoms with van der Waals surface area (Å²) in [5.74, 6) is 0.892. The van der Waals surface area contributed by atoms with Crippen molar-refractivity contribution in [2.75, 3.05) is 0 Å². The van der Waals surface area contributed by atoms with Crippen LogP contribution in [0.4, 0.5) is 0 Å². The molecule has 0 spiro atoms. The first-order valence-electron chi connectivity index (χ1n) is 5.53. The van der Waals surface area contributed by atoms with Crippen molar-refractivity contribution in [3.05, 3.63) is 42.7 Å². The summed E-state index contributed by atoms with van der Waals surface area (Å²) in [6, 6.07) is 5.75. The van der Waals surface area contributed by atoms with Crippen LogP contribution in [0, 0.1) is 0 Å². The predicted octanol–water partition coefficient (Wildman–Crippen LogP) is 2.64. The average Bonchev–Trinajstić information content (AvgIpc) is 2.90. The zero-order valence-corrected chi connectivity index (χ0v) is 10.4. The third kappa shape index (κ3) is 3.08. The molecule has 2 heterocycles. The number of hydrogen-bond donors (Lipinski definition) is 1. The largest absolute Gasteiger partial charge is 0.468 e. The average molecular weight is 249 g/mol. The van der Waals surface area contributed by atoms with Crippen LogP contribution in [-0.4, -0.2) is 16.0 Å². The Kier molecular flexibility index (Phi) is 4.17. The highest BCUT2D eigenvalue weighted by molar-refractivity contribution is 7.99.